The summed E-state index contributed by atoms with van der Waals surface area (Å²) in [6, 6.07) is 13.7. The van der Waals surface area contributed by atoms with Gasteiger partial charge in [-0.05, 0) is 41.5 Å². The van der Waals surface area contributed by atoms with Crippen LogP contribution in [0.3, 0.4) is 0 Å². The van der Waals surface area contributed by atoms with Crippen LogP contribution in [-0.2, 0) is 13.1 Å². The van der Waals surface area contributed by atoms with Crippen molar-refractivity contribution in [2.75, 3.05) is 0 Å². The Labute approximate surface area is 116 Å². The summed E-state index contributed by atoms with van der Waals surface area (Å²) < 4.78 is 13.1. The molecule has 0 bridgehead atoms. The highest BCUT2D eigenvalue weighted by Gasteiger charge is 2.02. The second-order valence-electron chi connectivity index (χ2n) is 4.15. The van der Waals surface area contributed by atoms with Gasteiger partial charge in [0, 0.05) is 18.1 Å². The highest BCUT2D eigenvalue weighted by atomic mass is 35.5. The largest absolute Gasteiger partial charge is 0.309 e. The van der Waals surface area contributed by atoms with Crippen molar-refractivity contribution in [3.63, 3.8) is 0 Å². The average Bonchev–Trinajstić information content (AvgIpc) is 2.43. The van der Waals surface area contributed by atoms with Crippen LogP contribution in [0.15, 0.2) is 42.5 Å². The number of halogens is 2. The SMILES string of the molecule is N#Cc1ccc(CNCc2cc(F)ccc2Cl)cc1. The molecule has 0 fully saturated rings. The minimum absolute atomic E-state index is 0.292. The van der Waals surface area contributed by atoms with Crippen molar-refractivity contribution < 1.29 is 4.39 Å². The first-order chi connectivity index (χ1) is 9.19. The van der Waals surface area contributed by atoms with E-state index >= 15 is 0 Å². The van der Waals surface area contributed by atoms with E-state index in [-0.39, 0.29) is 5.82 Å². The maximum Gasteiger partial charge on any atom is 0.123 e. The van der Waals surface area contributed by atoms with E-state index < -0.39 is 0 Å². The zero-order chi connectivity index (χ0) is 13.7. The monoisotopic (exact) mass is 274 g/mol. The molecule has 0 amide bonds. The predicted octanol–water partition coefficient (Wildman–Crippen LogP) is 3.64. The van der Waals surface area contributed by atoms with Gasteiger partial charge in [0.1, 0.15) is 5.82 Å². The maximum absolute atomic E-state index is 13.1. The van der Waals surface area contributed by atoms with Crippen molar-refractivity contribution in [3.05, 3.63) is 70.0 Å². The van der Waals surface area contributed by atoms with E-state index in [1.165, 1.54) is 12.1 Å². The first-order valence-electron chi connectivity index (χ1n) is 5.83. The first kappa shape index (κ1) is 13.5. The molecule has 2 aromatic carbocycles. The lowest BCUT2D eigenvalue weighted by Gasteiger charge is -2.07. The fourth-order valence-electron chi connectivity index (χ4n) is 1.72. The van der Waals surface area contributed by atoms with Crippen LogP contribution in [0.1, 0.15) is 16.7 Å². The van der Waals surface area contributed by atoms with Crippen molar-refractivity contribution in [3.8, 4) is 6.07 Å². The number of rotatable bonds is 4. The van der Waals surface area contributed by atoms with E-state index in [4.69, 9.17) is 16.9 Å². The minimum Gasteiger partial charge on any atom is -0.309 e. The summed E-state index contributed by atoms with van der Waals surface area (Å²) in [5.41, 5.74) is 2.43. The Balaban J connectivity index is 1.92. The zero-order valence-corrected chi connectivity index (χ0v) is 10.9. The van der Waals surface area contributed by atoms with Gasteiger partial charge in [0.15, 0.2) is 0 Å². The lowest BCUT2D eigenvalue weighted by molar-refractivity contribution is 0.620. The van der Waals surface area contributed by atoms with Crippen LogP contribution in [-0.4, -0.2) is 0 Å². The molecule has 0 saturated heterocycles. The van der Waals surface area contributed by atoms with E-state index in [0.29, 0.717) is 23.7 Å². The van der Waals surface area contributed by atoms with E-state index in [0.717, 1.165) is 11.1 Å². The van der Waals surface area contributed by atoms with Crippen molar-refractivity contribution in [2.24, 2.45) is 0 Å². The van der Waals surface area contributed by atoms with Crippen LogP contribution >= 0.6 is 11.6 Å². The Hall–Kier alpha value is -1.89. The quantitative estimate of drug-likeness (QED) is 0.924. The van der Waals surface area contributed by atoms with Gasteiger partial charge < -0.3 is 5.32 Å². The zero-order valence-electron chi connectivity index (χ0n) is 10.2. The van der Waals surface area contributed by atoms with E-state index in [1.807, 2.05) is 12.1 Å². The van der Waals surface area contributed by atoms with Crippen LogP contribution in [0, 0.1) is 17.1 Å². The number of nitriles is 1. The van der Waals surface area contributed by atoms with Gasteiger partial charge >= 0.3 is 0 Å². The molecule has 0 aliphatic carbocycles. The Morgan fingerprint density at radius 2 is 1.84 bits per heavy atom. The van der Waals surface area contributed by atoms with Gasteiger partial charge in [-0.15, -0.1) is 0 Å². The summed E-state index contributed by atoms with van der Waals surface area (Å²) in [6.07, 6.45) is 0. The standard InChI is InChI=1S/C15H12ClFN2/c16-15-6-5-14(17)7-13(15)10-19-9-12-3-1-11(8-18)2-4-12/h1-7,19H,9-10H2. The Morgan fingerprint density at radius 1 is 1.11 bits per heavy atom. The predicted molar refractivity (Wildman–Crippen MR) is 73.1 cm³/mol. The van der Waals surface area contributed by atoms with Crippen LogP contribution in [0.25, 0.3) is 0 Å². The topological polar surface area (TPSA) is 35.8 Å². The van der Waals surface area contributed by atoms with Crippen molar-refractivity contribution in [1.82, 2.24) is 5.32 Å². The van der Waals surface area contributed by atoms with Crippen LogP contribution < -0.4 is 5.32 Å². The highest BCUT2D eigenvalue weighted by molar-refractivity contribution is 6.31. The molecule has 0 aliphatic rings. The smallest absolute Gasteiger partial charge is 0.123 e. The Bertz CT molecular complexity index is 603. The molecule has 0 unspecified atom stereocenters. The van der Waals surface area contributed by atoms with Gasteiger partial charge in [0.2, 0.25) is 0 Å². The third kappa shape index (κ3) is 3.78. The maximum atomic E-state index is 13.1. The van der Waals surface area contributed by atoms with Gasteiger partial charge in [-0.2, -0.15) is 5.26 Å². The minimum atomic E-state index is -0.292. The van der Waals surface area contributed by atoms with Crippen molar-refractivity contribution in [1.29, 1.82) is 5.26 Å². The van der Waals surface area contributed by atoms with Crippen LogP contribution in [0.2, 0.25) is 5.02 Å². The molecule has 96 valence electrons. The van der Waals surface area contributed by atoms with E-state index in [9.17, 15) is 4.39 Å². The average molecular weight is 275 g/mol. The van der Waals surface area contributed by atoms with Crippen molar-refractivity contribution in [2.45, 2.75) is 13.1 Å². The molecule has 0 aliphatic heterocycles. The number of nitrogens with one attached hydrogen (secondary N) is 1. The molecule has 19 heavy (non-hydrogen) atoms. The first-order valence-corrected chi connectivity index (χ1v) is 6.20. The summed E-state index contributed by atoms with van der Waals surface area (Å²) in [6.45, 7) is 1.13. The summed E-state index contributed by atoms with van der Waals surface area (Å²) in [7, 11) is 0. The third-order valence-corrected chi connectivity index (χ3v) is 3.10. The molecular formula is C15H12ClFN2. The highest BCUT2D eigenvalue weighted by Crippen LogP contribution is 2.16. The molecule has 2 aromatic rings. The molecule has 2 nitrogen and oxygen atoms in total. The van der Waals surface area contributed by atoms with E-state index in [2.05, 4.69) is 11.4 Å². The second kappa shape index (κ2) is 6.33. The van der Waals surface area contributed by atoms with Crippen LogP contribution in [0.5, 0.6) is 0 Å². The van der Waals surface area contributed by atoms with Crippen molar-refractivity contribution >= 4 is 11.6 Å². The molecule has 0 saturated carbocycles. The molecule has 4 heteroatoms. The number of benzene rings is 2. The molecule has 0 spiro atoms. The van der Waals surface area contributed by atoms with Gasteiger partial charge in [-0.1, -0.05) is 23.7 Å². The summed E-state index contributed by atoms with van der Waals surface area (Å²) >= 11 is 5.97. The van der Waals surface area contributed by atoms with Gasteiger partial charge in [-0.25, -0.2) is 4.39 Å². The molecular weight excluding hydrogens is 263 g/mol. The molecule has 0 radical (unpaired) electrons. The fourth-order valence-corrected chi connectivity index (χ4v) is 1.90. The summed E-state index contributed by atoms with van der Waals surface area (Å²) in [4.78, 5) is 0. The van der Waals surface area contributed by atoms with Crippen LogP contribution in [0.4, 0.5) is 4.39 Å². The normalized spacial score (nSPS) is 10.2. The number of hydrogen-bond donors (Lipinski definition) is 1. The lowest BCUT2D eigenvalue weighted by atomic mass is 10.1. The summed E-state index contributed by atoms with van der Waals surface area (Å²) in [5, 5.41) is 12.4. The van der Waals surface area contributed by atoms with Gasteiger partial charge in [0.25, 0.3) is 0 Å². The molecule has 0 heterocycles. The summed E-state index contributed by atoms with van der Waals surface area (Å²) in [5.74, 6) is -0.292. The third-order valence-electron chi connectivity index (χ3n) is 2.74. The Kier molecular flexibility index (Phi) is 4.51. The molecule has 0 atom stereocenters. The van der Waals surface area contributed by atoms with E-state index in [1.54, 1.807) is 18.2 Å². The Morgan fingerprint density at radius 3 is 2.53 bits per heavy atom. The van der Waals surface area contributed by atoms with Gasteiger partial charge in [-0.3, -0.25) is 0 Å². The molecule has 1 N–H and O–H groups in total. The number of hydrogen-bond acceptors (Lipinski definition) is 2. The fraction of sp³-hybridized carbons (Fsp3) is 0.133. The lowest BCUT2D eigenvalue weighted by Crippen LogP contribution is -2.13. The second-order valence-corrected chi connectivity index (χ2v) is 4.56. The number of nitrogens with zero attached hydrogens (tertiary/aromatic N) is 1. The molecule has 0 aromatic heterocycles. The van der Waals surface area contributed by atoms with Gasteiger partial charge in [0.05, 0.1) is 11.6 Å². The molecule has 2 rings (SSSR count).